The zero-order valence-electron chi connectivity index (χ0n) is 18.1. The SMILES string of the molecule is Cn1nccc1C(=O)N1CC(CC#N)(N2CCC(N[C@@H]3CC3c3ccccc3)CC2)C1. The van der Waals surface area contributed by atoms with E-state index in [1.807, 2.05) is 4.90 Å². The lowest BCUT2D eigenvalue weighted by Gasteiger charge is -2.56. The molecule has 2 aromatic rings. The summed E-state index contributed by atoms with van der Waals surface area (Å²) in [6, 6.07) is 16.1. The van der Waals surface area contributed by atoms with E-state index >= 15 is 0 Å². The van der Waals surface area contributed by atoms with Crippen LogP contribution in [-0.4, -0.2) is 69.3 Å². The van der Waals surface area contributed by atoms with Gasteiger partial charge in [0.2, 0.25) is 0 Å². The third-order valence-corrected chi connectivity index (χ3v) is 7.34. The molecule has 1 aromatic carbocycles. The van der Waals surface area contributed by atoms with Gasteiger partial charge >= 0.3 is 0 Å². The number of carbonyl (C=O) groups excluding carboxylic acids is 1. The average molecular weight is 419 g/mol. The molecule has 2 atom stereocenters. The van der Waals surface area contributed by atoms with E-state index in [0.29, 0.717) is 43.2 Å². The average Bonchev–Trinajstić information content (AvgIpc) is 3.40. The number of nitrogens with one attached hydrogen (secondary N) is 1. The van der Waals surface area contributed by atoms with Crippen molar-refractivity contribution < 1.29 is 4.79 Å². The molecule has 7 heteroatoms. The van der Waals surface area contributed by atoms with Crippen molar-refractivity contribution >= 4 is 5.91 Å². The van der Waals surface area contributed by atoms with Gasteiger partial charge in [-0.3, -0.25) is 14.4 Å². The van der Waals surface area contributed by atoms with Gasteiger partial charge in [-0.25, -0.2) is 0 Å². The van der Waals surface area contributed by atoms with Crippen LogP contribution in [0.2, 0.25) is 0 Å². The fourth-order valence-electron chi connectivity index (χ4n) is 5.40. The smallest absolute Gasteiger partial charge is 0.272 e. The number of likely N-dealkylation sites (tertiary alicyclic amines) is 2. The van der Waals surface area contributed by atoms with Gasteiger partial charge < -0.3 is 10.2 Å². The standard InChI is InChI=1S/C24H30N6O/c1-28-22(7-12-26-28)23(31)29-16-24(17-29,10-11-25)30-13-8-19(9-14-30)27-21-15-20(21)18-5-3-2-4-6-18/h2-7,12,19-21,27H,8-10,13-17H2,1H3/t20?,21-/m1/s1. The van der Waals surface area contributed by atoms with E-state index in [1.165, 1.54) is 12.0 Å². The fraction of sp³-hybridized carbons (Fsp3) is 0.542. The quantitative estimate of drug-likeness (QED) is 0.778. The normalized spacial score (nSPS) is 25.6. The van der Waals surface area contributed by atoms with Crippen molar-refractivity contribution in [2.24, 2.45) is 7.05 Å². The summed E-state index contributed by atoms with van der Waals surface area (Å²) in [4.78, 5) is 17.1. The number of nitriles is 1. The van der Waals surface area contributed by atoms with E-state index in [4.69, 9.17) is 0 Å². The second-order valence-corrected chi connectivity index (χ2v) is 9.35. The summed E-state index contributed by atoms with van der Waals surface area (Å²) in [7, 11) is 1.79. The van der Waals surface area contributed by atoms with Crippen LogP contribution in [0.3, 0.4) is 0 Å². The fourth-order valence-corrected chi connectivity index (χ4v) is 5.40. The van der Waals surface area contributed by atoms with E-state index in [9.17, 15) is 10.1 Å². The molecule has 1 unspecified atom stereocenters. The van der Waals surface area contributed by atoms with E-state index in [1.54, 1.807) is 24.0 Å². The van der Waals surface area contributed by atoms with Gasteiger partial charge in [-0.1, -0.05) is 30.3 Å². The zero-order chi connectivity index (χ0) is 21.4. The Labute approximate surface area is 183 Å². The lowest BCUT2D eigenvalue weighted by atomic mass is 9.82. The highest BCUT2D eigenvalue weighted by atomic mass is 16.2. The second-order valence-electron chi connectivity index (χ2n) is 9.35. The van der Waals surface area contributed by atoms with Crippen LogP contribution in [0.25, 0.3) is 0 Å². The molecule has 1 saturated carbocycles. The summed E-state index contributed by atoms with van der Waals surface area (Å²) in [6.45, 7) is 3.22. The van der Waals surface area contributed by atoms with Crippen LogP contribution < -0.4 is 5.32 Å². The summed E-state index contributed by atoms with van der Waals surface area (Å²) in [5, 5.41) is 17.4. The first-order valence-electron chi connectivity index (χ1n) is 11.3. The minimum atomic E-state index is -0.194. The van der Waals surface area contributed by atoms with Crippen molar-refractivity contribution in [2.45, 2.75) is 49.2 Å². The molecule has 3 heterocycles. The first-order chi connectivity index (χ1) is 15.1. The number of benzene rings is 1. The van der Waals surface area contributed by atoms with Crippen molar-refractivity contribution in [3.8, 4) is 6.07 Å². The van der Waals surface area contributed by atoms with Gasteiger partial charge in [0.15, 0.2) is 0 Å². The molecule has 1 aliphatic carbocycles. The Morgan fingerprint density at radius 1 is 1.23 bits per heavy atom. The molecule has 162 valence electrons. The molecule has 1 amide bonds. The van der Waals surface area contributed by atoms with Gasteiger partial charge in [-0.15, -0.1) is 0 Å². The van der Waals surface area contributed by atoms with E-state index in [-0.39, 0.29) is 11.4 Å². The number of rotatable bonds is 6. The molecule has 1 N–H and O–H groups in total. The second kappa shape index (κ2) is 8.10. The van der Waals surface area contributed by atoms with Crippen molar-refractivity contribution in [3.05, 3.63) is 53.9 Å². The summed E-state index contributed by atoms with van der Waals surface area (Å²) in [5.41, 5.74) is 1.85. The summed E-state index contributed by atoms with van der Waals surface area (Å²) in [5.74, 6) is 0.660. The Balaban J connectivity index is 1.14. The van der Waals surface area contributed by atoms with Crippen LogP contribution in [0.4, 0.5) is 0 Å². The maximum Gasteiger partial charge on any atom is 0.272 e. The van der Waals surface area contributed by atoms with Crippen molar-refractivity contribution in [3.63, 3.8) is 0 Å². The van der Waals surface area contributed by atoms with Gasteiger partial charge in [-0.2, -0.15) is 10.4 Å². The maximum absolute atomic E-state index is 12.8. The molecule has 2 aliphatic heterocycles. The highest BCUT2D eigenvalue weighted by molar-refractivity contribution is 5.93. The van der Waals surface area contributed by atoms with Gasteiger partial charge in [0.1, 0.15) is 5.69 Å². The molecule has 1 aromatic heterocycles. The number of hydrogen-bond acceptors (Lipinski definition) is 5. The first-order valence-corrected chi connectivity index (χ1v) is 11.3. The number of piperidine rings is 1. The van der Waals surface area contributed by atoms with E-state index < -0.39 is 0 Å². The lowest BCUT2D eigenvalue weighted by molar-refractivity contribution is -0.0501. The summed E-state index contributed by atoms with van der Waals surface area (Å²) < 4.78 is 1.62. The van der Waals surface area contributed by atoms with Crippen LogP contribution >= 0.6 is 0 Å². The molecule has 3 aliphatic rings. The lowest BCUT2D eigenvalue weighted by Crippen LogP contribution is -2.72. The van der Waals surface area contributed by atoms with Gasteiger partial charge in [-0.05, 0) is 30.9 Å². The largest absolute Gasteiger partial charge is 0.333 e. The molecular weight excluding hydrogens is 388 g/mol. The Morgan fingerprint density at radius 2 is 1.97 bits per heavy atom. The maximum atomic E-state index is 12.8. The number of amides is 1. The number of hydrogen-bond donors (Lipinski definition) is 1. The highest BCUT2D eigenvalue weighted by Gasteiger charge is 2.50. The number of aryl methyl sites for hydroxylation is 1. The Hall–Kier alpha value is -2.69. The molecule has 0 spiro atoms. The zero-order valence-corrected chi connectivity index (χ0v) is 18.1. The molecule has 3 fully saturated rings. The molecular formula is C24H30N6O. The molecule has 31 heavy (non-hydrogen) atoms. The predicted octanol–water partition coefficient (Wildman–Crippen LogP) is 2.14. The van der Waals surface area contributed by atoms with Gasteiger partial charge in [0.05, 0.1) is 18.0 Å². The third-order valence-electron chi connectivity index (χ3n) is 7.34. The highest BCUT2D eigenvalue weighted by Crippen LogP contribution is 2.42. The molecule has 2 saturated heterocycles. The molecule has 0 radical (unpaired) electrons. The van der Waals surface area contributed by atoms with Crippen LogP contribution in [0, 0.1) is 11.3 Å². The van der Waals surface area contributed by atoms with Crippen molar-refractivity contribution in [1.82, 2.24) is 24.9 Å². The number of nitrogens with zero attached hydrogens (tertiary/aromatic N) is 5. The van der Waals surface area contributed by atoms with Gasteiger partial charge in [0, 0.05) is 57.4 Å². The van der Waals surface area contributed by atoms with Crippen molar-refractivity contribution in [2.75, 3.05) is 26.2 Å². The number of aromatic nitrogens is 2. The molecule has 0 bridgehead atoms. The predicted molar refractivity (Wildman–Crippen MR) is 117 cm³/mol. The van der Waals surface area contributed by atoms with Gasteiger partial charge in [0.25, 0.3) is 5.91 Å². The topological polar surface area (TPSA) is 77.2 Å². The van der Waals surface area contributed by atoms with E-state index in [2.05, 4.69) is 51.7 Å². The minimum absolute atomic E-state index is 0.00537. The van der Waals surface area contributed by atoms with Crippen LogP contribution in [0.5, 0.6) is 0 Å². The Bertz CT molecular complexity index is 965. The summed E-state index contributed by atoms with van der Waals surface area (Å²) in [6.07, 6.45) is 5.55. The van der Waals surface area contributed by atoms with Crippen LogP contribution in [-0.2, 0) is 7.05 Å². The third kappa shape index (κ3) is 3.86. The summed E-state index contributed by atoms with van der Waals surface area (Å²) >= 11 is 0. The molecule has 7 nitrogen and oxygen atoms in total. The monoisotopic (exact) mass is 418 g/mol. The van der Waals surface area contributed by atoms with E-state index in [0.717, 1.165) is 25.9 Å². The Kier molecular flexibility index (Phi) is 5.28. The molecule has 5 rings (SSSR count). The van der Waals surface area contributed by atoms with Crippen molar-refractivity contribution in [1.29, 1.82) is 5.26 Å². The van der Waals surface area contributed by atoms with Crippen LogP contribution in [0.15, 0.2) is 42.6 Å². The first kappa shape index (κ1) is 20.2. The minimum Gasteiger partial charge on any atom is -0.333 e. The van der Waals surface area contributed by atoms with Crippen LogP contribution in [0.1, 0.15) is 47.7 Å². The number of carbonyl (C=O) groups is 1. The Morgan fingerprint density at radius 3 is 2.61 bits per heavy atom.